The van der Waals surface area contributed by atoms with Gasteiger partial charge in [0.05, 0.1) is 19.2 Å². The average Bonchev–Trinajstić information content (AvgIpc) is 2.72. The van der Waals surface area contributed by atoms with Crippen molar-refractivity contribution in [2.24, 2.45) is 0 Å². The first-order valence-corrected chi connectivity index (χ1v) is 9.47. The molecule has 3 aromatic carbocycles. The molecule has 3 rings (SSSR count). The van der Waals surface area contributed by atoms with Crippen LogP contribution in [0.2, 0.25) is 10.0 Å². The van der Waals surface area contributed by atoms with Crippen molar-refractivity contribution >= 4 is 28.9 Å². The molecule has 0 unspecified atom stereocenters. The third-order valence-corrected chi connectivity index (χ3v) is 4.91. The fourth-order valence-corrected chi connectivity index (χ4v) is 3.21. The van der Waals surface area contributed by atoms with E-state index in [4.69, 9.17) is 37.4 Å². The molecule has 0 aliphatic carbocycles. The zero-order valence-corrected chi connectivity index (χ0v) is 17.2. The Morgan fingerprint density at radius 1 is 0.786 bits per heavy atom. The van der Waals surface area contributed by atoms with Crippen LogP contribution in [0.3, 0.4) is 0 Å². The molecule has 0 saturated heterocycles. The standard InChI is InChI=1S/C22H21Cl2NO3/c1-26-20-11-10-17(12-19(20)24)25-13-15-7-5-9-21(27-2)22(15)28-14-16-6-3-4-8-18(16)23/h3-12,25H,13-14H2,1-2H3. The number of hydrogen-bond donors (Lipinski definition) is 1. The molecule has 0 aliphatic heterocycles. The average molecular weight is 418 g/mol. The maximum absolute atomic E-state index is 6.24. The molecule has 0 saturated carbocycles. The number of para-hydroxylation sites is 1. The van der Waals surface area contributed by atoms with Crippen LogP contribution in [-0.4, -0.2) is 14.2 Å². The van der Waals surface area contributed by atoms with E-state index in [-0.39, 0.29) is 0 Å². The lowest BCUT2D eigenvalue weighted by Gasteiger charge is -2.17. The second-order valence-corrected chi connectivity index (χ2v) is 6.85. The topological polar surface area (TPSA) is 39.7 Å². The Kier molecular flexibility index (Phi) is 6.90. The Bertz CT molecular complexity index is 947. The highest BCUT2D eigenvalue weighted by Gasteiger charge is 2.12. The number of halogens is 2. The van der Waals surface area contributed by atoms with Gasteiger partial charge in [0.2, 0.25) is 0 Å². The molecule has 0 spiro atoms. The van der Waals surface area contributed by atoms with E-state index in [1.54, 1.807) is 14.2 Å². The van der Waals surface area contributed by atoms with Crippen molar-refractivity contribution in [3.63, 3.8) is 0 Å². The molecule has 28 heavy (non-hydrogen) atoms. The van der Waals surface area contributed by atoms with Gasteiger partial charge in [-0.2, -0.15) is 0 Å². The number of methoxy groups -OCH3 is 2. The predicted octanol–water partition coefficient (Wildman–Crippen LogP) is 6.20. The van der Waals surface area contributed by atoms with Crippen LogP contribution in [0.25, 0.3) is 0 Å². The minimum Gasteiger partial charge on any atom is -0.495 e. The number of ether oxygens (including phenoxy) is 3. The molecule has 0 atom stereocenters. The van der Waals surface area contributed by atoms with Crippen molar-refractivity contribution < 1.29 is 14.2 Å². The Morgan fingerprint density at radius 2 is 1.54 bits per heavy atom. The molecule has 0 amide bonds. The molecule has 3 aromatic rings. The smallest absolute Gasteiger partial charge is 0.166 e. The van der Waals surface area contributed by atoms with Crippen LogP contribution in [0.5, 0.6) is 17.2 Å². The Hall–Kier alpha value is -2.56. The summed E-state index contributed by atoms with van der Waals surface area (Å²) in [4.78, 5) is 0. The Balaban J connectivity index is 1.77. The molecule has 0 aliphatic rings. The Labute approximate surface area is 175 Å². The van der Waals surface area contributed by atoms with Gasteiger partial charge >= 0.3 is 0 Å². The van der Waals surface area contributed by atoms with E-state index in [1.165, 1.54) is 0 Å². The van der Waals surface area contributed by atoms with Crippen LogP contribution in [-0.2, 0) is 13.2 Å². The molecule has 0 fully saturated rings. The normalized spacial score (nSPS) is 10.4. The van der Waals surface area contributed by atoms with Gasteiger partial charge in [0, 0.05) is 28.4 Å². The van der Waals surface area contributed by atoms with Gasteiger partial charge in [-0.1, -0.05) is 53.5 Å². The highest BCUT2D eigenvalue weighted by molar-refractivity contribution is 6.32. The fourth-order valence-electron chi connectivity index (χ4n) is 2.76. The monoisotopic (exact) mass is 417 g/mol. The van der Waals surface area contributed by atoms with Gasteiger partial charge in [0.1, 0.15) is 12.4 Å². The lowest BCUT2D eigenvalue weighted by molar-refractivity contribution is 0.282. The van der Waals surface area contributed by atoms with Crippen LogP contribution >= 0.6 is 23.2 Å². The van der Waals surface area contributed by atoms with E-state index < -0.39 is 0 Å². The second-order valence-electron chi connectivity index (χ2n) is 6.03. The summed E-state index contributed by atoms with van der Waals surface area (Å²) in [7, 11) is 3.21. The summed E-state index contributed by atoms with van der Waals surface area (Å²) >= 11 is 12.4. The molecule has 6 heteroatoms. The van der Waals surface area contributed by atoms with Crippen LogP contribution in [0, 0.1) is 0 Å². The van der Waals surface area contributed by atoms with Gasteiger partial charge in [-0.05, 0) is 30.3 Å². The van der Waals surface area contributed by atoms with Gasteiger partial charge in [-0.15, -0.1) is 0 Å². The van der Waals surface area contributed by atoms with Crippen molar-refractivity contribution in [1.82, 2.24) is 0 Å². The van der Waals surface area contributed by atoms with E-state index in [9.17, 15) is 0 Å². The van der Waals surface area contributed by atoms with E-state index in [2.05, 4.69) is 5.32 Å². The highest BCUT2D eigenvalue weighted by atomic mass is 35.5. The molecule has 0 aromatic heterocycles. The van der Waals surface area contributed by atoms with Crippen molar-refractivity contribution in [2.75, 3.05) is 19.5 Å². The summed E-state index contributed by atoms with van der Waals surface area (Å²) < 4.78 is 16.8. The van der Waals surface area contributed by atoms with Crippen molar-refractivity contribution in [1.29, 1.82) is 0 Å². The molecule has 0 radical (unpaired) electrons. The number of hydrogen-bond acceptors (Lipinski definition) is 4. The SMILES string of the molecule is COc1ccc(NCc2cccc(OC)c2OCc2ccccc2Cl)cc1Cl. The summed E-state index contributed by atoms with van der Waals surface area (Å²) in [6.45, 7) is 0.888. The number of nitrogens with one attached hydrogen (secondary N) is 1. The largest absolute Gasteiger partial charge is 0.495 e. The fraction of sp³-hybridized carbons (Fsp3) is 0.182. The first kappa shape index (κ1) is 20.2. The minimum absolute atomic E-state index is 0.349. The van der Waals surface area contributed by atoms with E-state index in [1.807, 2.05) is 60.7 Å². The van der Waals surface area contributed by atoms with E-state index >= 15 is 0 Å². The van der Waals surface area contributed by atoms with Crippen LogP contribution in [0.4, 0.5) is 5.69 Å². The maximum atomic E-state index is 6.24. The highest BCUT2D eigenvalue weighted by Crippen LogP contribution is 2.33. The lowest BCUT2D eigenvalue weighted by Crippen LogP contribution is -2.05. The zero-order valence-electron chi connectivity index (χ0n) is 15.7. The maximum Gasteiger partial charge on any atom is 0.166 e. The van der Waals surface area contributed by atoms with Crippen LogP contribution in [0.15, 0.2) is 60.7 Å². The summed E-state index contributed by atoms with van der Waals surface area (Å²) in [5, 5.41) is 4.57. The first-order chi connectivity index (χ1) is 13.6. The summed E-state index contributed by atoms with van der Waals surface area (Å²) in [6, 6.07) is 19.0. The quantitative estimate of drug-likeness (QED) is 0.473. The summed E-state index contributed by atoms with van der Waals surface area (Å²) in [5.41, 5.74) is 2.75. The molecular formula is C22H21Cl2NO3. The van der Waals surface area contributed by atoms with Crippen LogP contribution < -0.4 is 19.5 Å². The van der Waals surface area contributed by atoms with Crippen molar-refractivity contribution in [3.8, 4) is 17.2 Å². The number of benzene rings is 3. The Morgan fingerprint density at radius 3 is 2.25 bits per heavy atom. The van der Waals surface area contributed by atoms with Crippen LogP contribution in [0.1, 0.15) is 11.1 Å². The summed E-state index contributed by atoms with van der Waals surface area (Å²) in [6.07, 6.45) is 0. The second kappa shape index (κ2) is 9.58. The zero-order chi connectivity index (χ0) is 19.9. The van der Waals surface area contributed by atoms with Gasteiger partial charge in [0.15, 0.2) is 11.5 Å². The number of anilines is 1. The molecule has 0 bridgehead atoms. The minimum atomic E-state index is 0.349. The van der Waals surface area contributed by atoms with Crippen molar-refractivity contribution in [2.45, 2.75) is 13.2 Å². The summed E-state index contributed by atoms with van der Waals surface area (Å²) in [5.74, 6) is 1.98. The molecule has 1 N–H and O–H groups in total. The predicted molar refractivity (Wildman–Crippen MR) is 114 cm³/mol. The van der Waals surface area contributed by atoms with Gasteiger partial charge < -0.3 is 19.5 Å². The van der Waals surface area contributed by atoms with Gasteiger partial charge in [0.25, 0.3) is 0 Å². The van der Waals surface area contributed by atoms with Gasteiger partial charge in [-0.25, -0.2) is 0 Å². The van der Waals surface area contributed by atoms with E-state index in [0.29, 0.717) is 40.4 Å². The van der Waals surface area contributed by atoms with Gasteiger partial charge in [-0.3, -0.25) is 0 Å². The third-order valence-electron chi connectivity index (χ3n) is 4.24. The molecule has 0 heterocycles. The number of rotatable bonds is 8. The van der Waals surface area contributed by atoms with E-state index in [0.717, 1.165) is 16.8 Å². The molecule has 146 valence electrons. The first-order valence-electron chi connectivity index (χ1n) is 8.72. The molecule has 4 nitrogen and oxygen atoms in total. The lowest BCUT2D eigenvalue weighted by atomic mass is 10.1. The van der Waals surface area contributed by atoms with Crippen molar-refractivity contribution in [3.05, 3.63) is 81.8 Å². The third kappa shape index (κ3) is 4.83. The molecular weight excluding hydrogens is 397 g/mol.